The molecule has 1 amide bonds. The van der Waals surface area contributed by atoms with E-state index in [0.29, 0.717) is 29.4 Å². The van der Waals surface area contributed by atoms with Crippen LogP contribution in [0.2, 0.25) is 10.0 Å². The Balaban J connectivity index is 1.55. The number of H-pyrrole nitrogens is 1. The quantitative estimate of drug-likeness (QED) is 0.351. The van der Waals surface area contributed by atoms with E-state index in [1.807, 2.05) is 47.4 Å². The smallest absolute Gasteiger partial charge is 0.223 e. The minimum absolute atomic E-state index is 0.122. The fourth-order valence-electron chi connectivity index (χ4n) is 4.73. The van der Waals surface area contributed by atoms with Gasteiger partial charge in [0.15, 0.2) is 0 Å². The highest BCUT2D eigenvalue weighted by Crippen LogP contribution is 2.41. The molecule has 1 aromatic heterocycles. The molecule has 1 atom stereocenters. The summed E-state index contributed by atoms with van der Waals surface area (Å²) in [5, 5.41) is 2.11. The van der Waals surface area contributed by atoms with Gasteiger partial charge < -0.3 is 14.6 Å². The highest BCUT2D eigenvalue weighted by Gasteiger charge is 2.34. The average Bonchev–Trinajstić information content (AvgIpc) is 3.22. The van der Waals surface area contributed by atoms with Crippen LogP contribution in [-0.2, 0) is 17.6 Å². The van der Waals surface area contributed by atoms with Crippen LogP contribution in [0, 0.1) is 0 Å². The number of ether oxygens (including phenoxy) is 1. The number of carbonyl (C=O) groups is 1. The number of aromatic nitrogens is 1. The standard InChI is InChI=1S/C27H24Cl2N2O2/c1-33-19-9-11-24-21(16-19)20-13-14-31(25(32)12-7-17-5-3-2-4-6-17)27(26(20)30-24)18-8-10-22(28)23(29)15-18/h2-6,8-11,15-16,27,30H,7,12-14H2,1H3. The Labute approximate surface area is 203 Å². The van der Waals surface area contributed by atoms with Crippen LogP contribution in [0.25, 0.3) is 10.9 Å². The largest absolute Gasteiger partial charge is 0.497 e. The minimum Gasteiger partial charge on any atom is -0.497 e. The van der Waals surface area contributed by atoms with Crippen LogP contribution in [-0.4, -0.2) is 29.4 Å². The molecule has 0 fully saturated rings. The van der Waals surface area contributed by atoms with E-state index >= 15 is 0 Å². The van der Waals surface area contributed by atoms with Crippen molar-refractivity contribution in [3.63, 3.8) is 0 Å². The van der Waals surface area contributed by atoms with Gasteiger partial charge in [-0.3, -0.25) is 4.79 Å². The first-order valence-corrected chi connectivity index (χ1v) is 11.8. The lowest BCUT2D eigenvalue weighted by molar-refractivity contribution is -0.133. The Morgan fingerprint density at radius 1 is 1.06 bits per heavy atom. The first kappa shape index (κ1) is 21.9. The van der Waals surface area contributed by atoms with Crippen LogP contribution >= 0.6 is 23.2 Å². The number of aryl methyl sites for hydroxylation is 1. The molecule has 6 heteroatoms. The molecule has 3 aromatic carbocycles. The van der Waals surface area contributed by atoms with E-state index in [4.69, 9.17) is 27.9 Å². The van der Waals surface area contributed by atoms with Crippen LogP contribution in [0.15, 0.2) is 66.7 Å². The highest BCUT2D eigenvalue weighted by molar-refractivity contribution is 6.42. The molecule has 168 valence electrons. The number of hydrogen-bond acceptors (Lipinski definition) is 2. The summed E-state index contributed by atoms with van der Waals surface area (Å²) in [6.45, 7) is 0.635. The van der Waals surface area contributed by atoms with Crippen molar-refractivity contribution < 1.29 is 9.53 Å². The molecule has 4 aromatic rings. The molecule has 0 bridgehead atoms. The van der Waals surface area contributed by atoms with E-state index in [0.717, 1.165) is 39.9 Å². The number of carbonyl (C=O) groups excluding carboxylic acids is 1. The molecule has 33 heavy (non-hydrogen) atoms. The number of rotatable bonds is 5. The zero-order valence-electron chi connectivity index (χ0n) is 18.3. The molecule has 1 aliphatic rings. The lowest BCUT2D eigenvalue weighted by Crippen LogP contribution is -2.40. The van der Waals surface area contributed by atoms with Crippen molar-refractivity contribution in [3.05, 3.63) is 99.2 Å². The number of aromatic amines is 1. The normalized spacial score (nSPS) is 15.5. The van der Waals surface area contributed by atoms with Gasteiger partial charge in [-0.05, 0) is 59.9 Å². The van der Waals surface area contributed by atoms with Crippen molar-refractivity contribution in [3.8, 4) is 5.75 Å². The Hall–Kier alpha value is -2.95. The van der Waals surface area contributed by atoms with Crippen molar-refractivity contribution in [2.75, 3.05) is 13.7 Å². The summed E-state index contributed by atoms with van der Waals surface area (Å²) in [7, 11) is 1.67. The molecule has 2 heterocycles. The summed E-state index contributed by atoms with van der Waals surface area (Å²) < 4.78 is 5.45. The van der Waals surface area contributed by atoms with Crippen LogP contribution in [0.4, 0.5) is 0 Å². The van der Waals surface area contributed by atoms with E-state index in [1.165, 1.54) is 5.56 Å². The summed E-state index contributed by atoms with van der Waals surface area (Å²) in [5.74, 6) is 0.938. The van der Waals surface area contributed by atoms with Crippen LogP contribution < -0.4 is 4.74 Å². The number of hydrogen-bond donors (Lipinski definition) is 1. The SMILES string of the molecule is COc1ccc2[nH]c3c(c2c1)CCN(C(=O)CCc1ccccc1)C3c1ccc(Cl)c(Cl)c1. The molecule has 1 unspecified atom stereocenters. The van der Waals surface area contributed by atoms with Crippen molar-refractivity contribution >= 4 is 40.0 Å². The van der Waals surface area contributed by atoms with Gasteiger partial charge >= 0.3 is 0 Å². The second kappa shape index (κ2) is 9.12. The summed E-state index contributed by atoms with van der Waals surface area (Å²) in [5.41, 5.74) is 5.37. The van der Waals surface area contributed by atoms with Gasteiger partial charge in [0.1, 0.15) is 5.75 Å². The van der Waals surface area contributed by atoms with E-state index in [9.17, 15) is 4.79 Å². The zero-order valence-corrected chi connectivity index (χ0v) is 19.8. The van der Waals surface area contributed by atoms with E-state index in [2.05, 4.69) is 23.2 Å². The van der Waals surface area contributed by atoms with Gasteiger partial charge in [-0.1, -0.05) is 59.6 Å². The average molecular weight is 479 g/mol. The zero-order chi connectivity index (χ0) is 22.9. The number of methoxy groups -OCH3 is 1. The molecule has 0 aliphatic carbocycles. The number of benzene rings is 3. The third kappa shape index (κ3) is 4.21. The number of nitrogens with one attached hydrogen (secondary N) is 1. The van der Waals surface area contributed by atoms with Crippen molar-refractivity contribution in [1.29, 1.82) is 0 Å². The van der Waals surface area contributed by atoms with Crippen molar-refractivity contribution in [2.24, 2.45) is 0 Å². The molecule has 1 aliphatic heterocycles. The Morgan fingerprint density at radius 2 is 1.88 bits per heavy atom. The molecule has 0 saturated heterocycles. The summed E-state index contributed by atoms with van der Waals surface area (Å²) in [6.07, 6.45) is 1.93. The fraction of sp³-hybridized carbons (Fsp3) is 0.222. The van der Waals surface area contributed by atoms with Gasteiger partial charge in [-0.15, -0.1) is 0 Å². The lowest BCUT2D eigenvalue weighted by Gasteiger charge is -2.36. The molecule has 4 nitrogen and oxygen atoms in total. The second-order valence-electron chi connectivity index (χ2n) is 8.33. The number of nitrogens with zero attached hydrogens (tertiary/aromatic N) is 1. The molecule has 5 rings (SSSR count). The lowest BCUT2D eigenvalue weighted by atomic mass is 9.91. The van der Waals surface area contributed by atoms with Crippen LogP contribution in [0.5, 0.6) is 5.75 Å². The minimum atomic E-state index is -0.259. The Kier molecular flexibility index (Phi) is 6.05. The molecule has 0 saturated carbocycles. The predicted octanol–water partition coefficient (Wildman–Crippen LogP) is 6.59. The first-order chi connectivity index (χ1) is 16.0. The van der Waals surface area contributed by atoms with Gasteiger partial charge in [0.05, 0.1) is 23.2 Å². The Morgan fingerprint density at radius 3 is 2.64 bits per heavy atom. The number of fused-ring (bicyclic) bond motifs is 3. The van der Waals surface area contributed by atoms with Crippen LogP contribution in [0.3, 0.4) is 0 Å². The first-order valence-electron chi connectivity index (χ1n) is 11.0. The molecular weight excluding hydrogens is 455 g/mol. The molecular formula is C27H24Cl2N2O2. The van der Waals surface area contributed by atoms with Crippen LogP contribution in [0.1, 0.15) is 34.8 Å². The molecule has 1 N–H and O–H groups in total. The van der Waals surface area contributed by atoms with Gasteiger partial charge in [0, 0.05) is 29.6 Å². The maximum Gasteiger partial charge on any atom is 0.223 e. The van der Waals surface area contributed by atoms with E-state index in [-0.39, 0.29) is 11.9 Å². The maximum absolute atomic E-state index is 13.5. The molecule has 0 radical (unpaired) electrons. The summed E-state index contributed by atoms with van der Waals surface area (Å²) >= 11 is 12.6. The predicted molar refractivity (Wildman–Crippen MR) is 133 cm³/mol. The maximum atomic E-state index is 13.5. The number of halogens is 2. The van der Waals surface area contributed by atoms with Gasteiger partial charge in [0.25, 0.3) is 0 Å². The topological polar surface area (TPSA) is 45.3 Å². The number of amides is 1. The second-order valence-corrected chi connectivity index (χ2v) is 9.14. The third-order valence-corrected chi connectivity index (χ3v) is 7.12. The fourth-order valence-corrected chi connectivity index (χ4v) is 5.04. The molecule has 0 spiro atoms. The van der Waals surface area contributed by atoms with Crippen molar-refractivity contribution in [2.45, 2.75) is 25.3 Å². The third-order valence-electron chi connectivity index (χ3n) is 6.38. The van der Waals surface area contributed by atoms with Crippen molar-refractivity contribution in [1.82, 2.24) is 9.88 Å². The monoisotopic (exact) mass is 478 g/mol. The Bertz CT molecular complexity index is 1320. The summed E-state index contributed by atoms with van der Waals surface area (Å²) in [6, 6.07) is 21.5. The van der Waals surface area contributed by atoms with E-state index < -0.39 is 0 Å². The summed E-state index contributed by atoms with van der Waals surface area (Å²) in [4.78, 5) is 19.0. The highest BCUT2D eigenvalue weighted by atomic mass is 35.5. The van der Waals surface area contributed by atoms with Gasteiger partial charge in [-0.25, -0.2) is 0 Å². The van der Waals surface area contributed by atoms with Gasteiger partial charge in [0.2, 0.25) is 5.91 Å². The van der Waals surface area contributed by atoms with E-state index in [1.54, 1.807) is 13.2 Å². The van der Waals surface area contributed by atoms with Gasteiger partial charge in [-0.2, -0.15) is 0 Å².